The number of anilines is 3. The van der Waals surface area contributed by atoms with Crippen LogP contribution in [0.1, 0.15) is 47.7 Å². The second-order valence-corrected chi connectivity index (χ2v) is 10.8. The summed E-state index contributed by atoms with van der Waals surface area (Å²) in [5, 5.41) is 34.7. The molecule has 3 N–H and O–H groups in total. The van der Waals surface area contributed by atoms with Gasteiger partial charge in [-0.2, -0.15) is 5.26 Å². The molecule has 4 heterocycles. The largest absolute Gasteiger partial charge is 0.494 e. The molecule has 2 amide bonds. The predicted molar refractivity (Wildman–Crippen MR) is 160 cm³/mol. The Balaban J connectivity index is 1.21. The number of hydrogen-bond acceptors (Lipinski definition) is 11. The van der Waals surface area contributed by atoms with Gasteiger partial charge in [-0.25, -0.2) is 9.67 Å². The van der Waals surface area contributed by atoms with Crippen LogP contribution < -0.4 is 20.7 Å². The van der Waals surface area contributed by atoms with Crippen molar-refractivity contribution in [3.05, 3.63) is 65.7 Å². The van der Waals surface area contributed by atoms with Crippen molar-refractivity contribution in [1.82, 2.24) is 40.4 Å². The Hall–Kier alpha value is -5.42. The summed E-state index contributed by atoms with van der Waals surface area (Å²) >= 11 is 0. The van der Waals surface area contributed by atoms with Crippen molar-refractivity contribution in [3.8, 4) is 23.1 Å². The number of ether oxygens (including phenoxy) is 1. The zero-order chi connectivity index (χ0) is 30.8. The molecule has 6 rings (SSSR count). The fourth-order valence-corrected chi connectivity index (χ4v) is 5.19. The maximum atomic E-state index is 12.6. The first-order chi connectivity index (χ1) is 21.4. The zero-order valence-electron chi connectivity index (χ0n) is 24.5. The van der Waals surface area contributed by atoms with Crippen LogP contribution in [-0.2, 0) is 11.3 Å². The van der Waals surface area contributed by atoms with Crippen molar-refractivity contribution >= 4 is 29.0 Å². The normalized spacial score (nSPS) is 17.7. The molecule has 4 aromatic rings. The lowest BCUT2D eigenvalue weighted by molar-refractivity contribution is -0.117. The van der Waals surface area contributed by atoms with E-state index in [1.807, 2.05) is 41.2 Å². The van der Waals surface area contributed by atoms with Gasteiger partial charge in [0.2, 0.25) is 5.91 Å². The molecule has 44 heavy (non-hydrogen) atoms. The van der Waals surface area contributed by atoms with Crippen LogP contribution in [-0.4, -0.2) is 73.6 Å². The number of carbonyl (C=O) groups is 2. The Labute approximate surface area is 253 Å². The third-order valence-corrected chi connectivity index (χ3v) is 7.89. The van der Waals surface area contributed by atoms with E-state index in [1.165, 1.54) is 7.05 Å². The lowest BCUT2D eigenvalue weighted by Gasteiger charge is -2.45. The summed E-state index contributed by atoms with van der Waals surface area (Å²) in [5.74, 6) is 0.174. The lowest BCUT2D eigenvalue weighted by Crippen LogP contribution is -2.54. The Morgan fingerprint density at radius 2 is 1.93 bits per heavy atom. The van der Waals surface area contributed by atoms with E-state index >= 15 is 0 Å². The van der Waals surface area contributed by atoms with Gasteiger partial charge in [0.25, 0.3) is 5.91 Å². The second-order valence-electron chi connectivity index (χ2n) is 10.8. The number of methoxy groups -OCH3 is 1. The van der Waals surface area contributed by atoms with Gasteiger partial charge in [0.1, 0.15) is 17.5 Å². The number of nitrogens with one attached hydrogen (secondary N) is 3. The molecule has 1 saturated heterocycles. The molecule has 2 aliphatic rings. The fourth-order valence-electron chi connectivity index (χ4n) is 5.19. The minimum absolute atomic E-state index is 0.0125. The van der Waals surface area contributed by atoms with Crippen molar-refractivity contribution in [3.63, 3.8) is 0 Å². The van der Waals surface area contributed by atoms with Crippen molar-refractivity contribution in [2.75, 3.05) is 31.3 Å². The second kappa shape index (κ2) is 12.1. The fraction of sp³-hybridized carbons (Fsp3) is 0.333. The average molecular weight is 594 g/mol. The van der Waals surface area contributed by atoms with Gasteiger partial charge in [-0.05, 0) is 44.0 Å². The lowest BCUT2D eigenvalue weighted by atomic mass is 9.98. The third kappa shape index (κ3) is 5.77. The third-order valence-electron chi connectivity index (χ3n) is 7.89. The van der Waals surface area contributed by atoms with E-state index in [0.717, 1.165) is 25.1 Å². The Kier molecular flexibility index (Phi) is 7.86. The number of para-hydroxylation sites is 1. The number of likely N-dealkylation sites (tertiary alicyclic amines) is 1. The molecule has 14 nitrogen and oxygen atoms in total. The molecular formula is C30H31N11O3. The van der Waals surface area contributed by atoms with Crippen LogP contribution in [0.3, 0.4) is 0 Å². The van der Waals surface area contributed by atoms with E-state index in [4.69, 9.17) is 10.00 Å². The Bertz CT molecular complexity index is 1760. The van der Waals surface area contributed by atoms with Gasteiger partial charge in [0.15, 0.2) is 17.3 Å². The molecule has 2 fully saturated rings. The van der Waals surface area contributed by atoms with Gasteiger partial charge in [0.05, 0.1) is 36.4 Å². The maximum Gasteiger partial charge on any atom is 0.273 e. The number of amides is 2. The first kappa shape index (κ1) is 28.7. The van der Waals surface area contributed by atoms with Gasteiger partial charge in [0, 0.05) is 43.7 Å². The minimum Gasteiger partial charge on any atom is -0.494 e. The standard InChI is InChI=1S/C30H31N11O3/c1-17-25(16-40(17)14-20-7-4-6-19(13-31)33-20)41-15-24(36-39-41)21-8-5-9-22(28(21)44-3)34-23-12-26(35-29(42)18-10-11-18)37-38-27(23)30(43)32-2/h4-9,12,15,17-18,25H,10-11,14,16H2,1-3H3,(H,32,43)(H2,34,35,37,42)/t17-,25+/m0/s1. The summed E-state index contributed by atoms with van der Waals surface area (Å²) in [4.78, 5) is 31.6. The van der Waals surface area contributed by atoms with Crippen molar-refractivity contribution in [2.45, 2.75) is 38.4 Å². The van der Waals surface area contributed by atoms with Crippen molar-refractivity contribution in [1.29, 1.82) is 5.26 Å². The SMILES string of the molecule is CNC(=O)c1nnc(NC(=O)C2CC2)cc1Nc1cccc(-c2cn([C@@H]3CN(Cc4cccc(C#N)n4)[C@H]3C)nn2)c1OC. The van der Waals surface area contributed by atoms with E-state index in [0.29, 0.717) is 40.6 Å². The molecular weight excluding hydrogens is 562 g/mol. The van der Waals surface area contributed by atoms with Crippen LogP contribution in [0.15, 0.2) is 48.7 Å². The van der Waals surface area contributed by atoms with Gasteiger partial charge >= 0.3 is 0 Å². The first-order valence-electron chi connectivity index (χ1n) is 14.3. The number of nitriles is 1. The van der Waals surface area contributed by atoms with E-state index in [-0.39, 0.29) is 35.4 Å². The van der Waals surface area contributed by atoms with E-state index < -0.39 is 5.91 Å². The number of pyridine rings is 1. The molecule has 0 unspecified atom stereocenters. The summed E-state index contributed by atoms with van der Waals surface area (Å²) < 4.78 is 7.68. The number of aromatic nitrogens is 6. The number of rotatable bonds is 10. The first-order valence-corrected chi connectivity index (χ1v) is 14.3. The molecule has 14 heteroatoms. The molecule has 2 atom stereocenters. The highest BCUT2D eigenvalue weighted by atomic mass is 16.5. The van der Waals surface area contributed by atoms with Crippen LogP contribution in [0, 0.1) is 17.2 Å². The summed E-state index contributed by atoms with van der Waals surface area (Å²) in [7, 11) is 3.06. The Morgan fingerprint density at radius 1 is 1.11 bits per heavy atom. The maximum absolute atomic E-state index is 12.6. The molecule has 0 radical (unpaired) electrons. The Morgan fingerprint density at radius 3 is 2.66 bits per heavy atom. The minimum atomic E-state index is -0.435. The highest BCUT2D eigenvalue weighted by Gasteiger charge is 2.38. The molecule has 3 aromatic heterocycles. The summed E-state index contributed by atoms with van der Waals surface area (Å²) in [6, 6.07) is 15.0. The molecule has 1 aliphatic heterocycles. The highest BCUT2D eigenvalue weighted by molar-refractivity contribution is 6.00. The number of hydrogen-bond donors (Lipinski definition) is 3. The van der Waals surface area contributed by atoms with Gasteiger partial charge in [-0.3, -0.25) is 14.5 Å². The molecule has 0 bridgehead atoms. The van der Waals surface area contributed by atoms with Crippen molar-refractivity contribution in [2.24, 2.45) is 5.92 Å². The van der Waals surface area contributed by atoms with Crippen LogP contribution in [0.25, 0.3) is 11.3 Å². The average Bonchev–Trinajstić information content (AvgIpc) is 3.80. The number of carbonyl (C=O) groups excluding carboxylic acids is 2. The zero-order valence-corrected chi connectivity index (χ0v) is 24.5. The van der Waals surface area contributed by atoms with E-state index in [9.17, 15) is 9.59 Å². The van der Waals surface area contributed by atoms with Gasteiger partial charge < -0.3 is 20.7 Å². The predicted octanol–water partition coefficient (Wildman–Crippen LogP) is 2.91. The summed E-state index contributed by atoms with van der Waals surface area (Å²) in [5.41, 5.74) is 3.56. The molecule has 1 saturated carbocycles. The highest BCUT2D eigenvalue weighted by Crippen LogP contribution is 2.39. The molecule has 0 spiro atoms. The van der Waals surface area contributed by atoms with Crippen LogP contribution in [0.4, 0.5) is 17.2 Å². The quantitative estimate of drug-likeness (QED) is 0.246. The number of nitrogens with zero attached hydrogens (tertiary/aromatic N) is 8. The van der Waals surface area contributed by atoms with E-state index in [2.05, 4.69) is 59.3 Å². The monoisotopic (exact) mass is 593 g/mol. The van der Waals surface area contributed by atoms with Crippen LogP contribution in [0.2, 0.25) is 0 Å². The number of benzene rings is 1. The van der Waals surface area contributed by atoms with Crippen molar-refractivity contribution < 1.29 is 14.3 Å². The van der Waals surface area contributed by atoms with Crippen LogP contribution in [0.5, 0.6) is 5.75 Å². The smallest absolute Gasteiger partial charge is 0.273 e. The van der Waals surface area contributed by atoms with Gasteiger partial charge in [-0.1, -0.05) is 17.3 Å². The topological polar surface area (TPSA) is 176 Å². The molecule has 1 aromatic carbocycles. The molecule has 224 valence electrons. The summed E-state index contributed by atoms with van der Waals surface area (Å²) in [6.45, 7) is 3.53. The van der Waals surface area contributed by atoms with E-state index in [1.54, 1.807) is 19.2 Å². The summed E-state index contributed by atoms with van der Waals surface area (Å²) in [6.07, 6.45) is 3.59. The van der Waals surface area contributed by atoms with Gasteiger partial charge in [-0.15, -0.1) is 15.3 Å². The molecule has 1 aliphatic carbocycles. The van der Waals surface area contributed by atoms with Crippen LogP contribution >= 0.6 is 0 Å².